The highest BCUT2D eigenvalue weighted by atomic mass is 16.3. The molecule has 0 unspecified atom stereocenters. The number of carbonyl (C=O) groups is 3. The van der Waals surface area contributed by atoms with Gasteiger partial charge in [-0.25, -0.2) is 0 Å². The van der Waals surface area contributed by atoms with E-state index in [1.54, 1.807) is 0 Å². The zero-order valence-electron chi connectivity index (χ0n) is 9.06. The number of aliphatic hydroxyl groups excluding tert-OH is 2. The standard InChI is InChI=1S/C10H12N2O5/c1-4(11)10(17)12-3-5-8(15)6(13)2-7(14)9(5)16/h2,4,13,16H,3,11H2,1H3,(H,12,17)/t4-/m0/s1. The molecular formula is C10H12N2O5. The van der Waals surface area contributed by atoms with E-state index in [0.29, 0.717) is 6.08 Å². The molecule has 7 heteroatoms. The molecule has 0 aliphatic heterocycles. The smallest absolute Gasteiger partial charge is 0.236 e. The molecule has 0 aromatic rings. The summed E-state index contributed by atoms with van der Waals surface area (Å²) >= 11 is 0. The molecule has 7 nitrogen and oxygen atoms in total. The molecule has 0 radical (unpaired) electrons. The molecule has 1 amide bonds. The first-order chi connectivity index (χ1) is 7.84. The fourth-order valence-electron chi connectivity index (χ4n) is 1.17. The lowest BCUT2D eigenvalue weighted by molar-refractivity contribution is -0.122. The minimum Gasteiger partial charge on any atom is -0.504 e. The van der Waals surface area contributed by atoms with E-state index in [1.165, 1.54) is 6.92 Å². The van der Waals surface area contributed by atoms with Crippen LogP contribution < -0.4 is 11.1 Å². The van der Waals surface area contributed by atoms with Crippen molar-refractivity contribution < 1.29 is 24.6 Å². The molecule has 1 atom stereocenters. The Morgan fingerprint density at radius 1 is 1.47 bits per heavy atom. The van der Waals surface area contributed by atoms with Gasteiger partial charge in [-0.1, -0.05) is 0 Å². The van der Waals surface area contributed by atoms with E-state index in [1.807, 2.05) is 0 Å². The number of amides is 1. The van der Waals surface area contributed by atoms with Crippen molar-refractivity contribution in [2.45, 2.75) is 13.0 Å². The van der Waals surface area contributed by atoms with Gasteiger partial charge in [-0.05, 0) is 6.92 Å². The van der Waals surface area contributed by atoms with E-state index in [2.05, 4.69) is 5.32 Å². The fraction of sp³-hybridized carbons (Fsp3) is 0.300. The lowest BCUT2D eigenvalue weighted by Gasteiger charge is -2.14. The molecule has 1 aliphatic rings. The molecule has 1 aliphatic carbocycles. The maximum Gasteiger partial charge on any atom is 0.236 e. The van der Waals surface area contributed by atoms with Crippen LogP contribution in [0.5, 0.6) is 0 Å². The SMILES string of the molecule is C[C@H](N)C(=O)NCC1=C(O)C(=O)C=C(O)C1=O. The molecule has 0 saturated carbocycles. The van der Waals surface area contributed by atoms with Crippen LogP contribution in [0.2, 0.25) is 0 Å². The summed E-state index contributed by atoms with van der Waals surface area (Å²) in [6.07, 6.45) is 0.620. The third-order valence-corrected chi connectivity index (χ3v) is 2.15. The summed E-state index contributed by atoms with van der Waals surface area (Å²) in [6, 6.07) is -0.781. The van der Waals surface area contributed by atoms with Gasteiger partial charge in [0.15, 0.2) is 11.5 Å². The van der Waals surface area contributed by atoms with Crippen molar-refractivity contribution in [2.75, 3.05) is 6.54 Å². The molecule has 0 bridgehead atoms. The number of ketones is 2. The van der Waals surface area contributed by atoms with Gasteiger partial charge in [0.1, 0.15) is 0 Å². The minimum absolute atomic E-state index is 0.357. The third-order valence-electron chi connectivity index (χ3n) is 2.15. The number of allylic oxidation sites excluding steroid dienone is 2. The van der Waals surface area contributed by atoms with Gasteiger partial charge in [0.25, 0.3) is 0 Å². The van der Waals surface area contributed by atoms with Crippen LogP contribution in [0.25, 0.3) is 0 Å². The zero-order valence-corrected chi connectivity index (χ0v) is 9.06. The van der Waals surface area contributed by atoms with Gasteiger partial charge in [-0.2, -0.15) is 0 Å². The number of aliphatic hydroxyl groups is 2. The van der Waals surface area contributed by atoms with Crippen LogP contribution in [0.3, 0.4) is 0 Å². The van der Waals surface area contributed by atoms with Crippen molar-refractivity contribution in [2.24, 2.45) is 5.73 Å². The molecular weight excluding hydrogens is 228 g/mol. The lowest BCUT2D eigenvalue weighted by atomic mass is 10.00. The molecule has 1 rings (SSSR count). The van der Waals surface area contributed by atoms with E-state index in [0.717, 1.165) is 0 Å². The van der Waals surface area contributed by atoms with Crippen molar-refractivity contribution in [3.05, 3.63) is 23.2 Å². The third kappa shape index (κ3) is 2.70. The number of Topliss-reactive ketones (excluding diaryl/α,β-unsaturated/α-hetero) is 1. The summed E-state index contributed by atoms with van der Waals surface area (Å²) in [7, 11) is 0. The highest BCUT2D eigenvalue weighted by Crippen LogP contribution is 2.15. The van der Waals surface area contributed by atoms with E-state index in [4.69, 9.17) is 10.8 Å². The predicted molar refractivity (Wildman–Crippen MR) is 57.0 cm³/mol. The number of hydrogen-bond acceptors (Lipinski definition) is 6. The summed E-state index contributed by atoms with van der Waals surface area (Å²) < 4.78 is 0. The Balaban J connectivity index is 2.82. The van der Waals surface area contributed by atoms with Crippen LogP contribution in [0.4, 0.5) is 0 Å². The van der Waals surface area contributed by atoms with Crippen molar-refractivity contribution >= 4 is 17.5 Å². The van der Waals surface area contributed by atoms with Crippen molar-refractivity contribution in [3.8, 4) is 0 Å². The quantitative estimate of drug-likeness (QED) is 0.461. The largest absolute Gasteiger partial charge is 0.504 e. The van der Waals surface area contributed by atoms with E-state index in [9.17, 15) is 19.5 Å². The summed E-state index contributed by atoms with van der Waals surface area (Å²) in [5.74, 6) is -3.87. The normalized spacial score (nSPS) is 17.9. The van der Waals surface area contributed by atoms with Gasteiger partial charge in [0.05, 0.1) is 18.2 Å². The number of hydrogen-bond donors (Lipinski definition) is 4. The van der Waals surface area contributed by atoms with Gasteiger partial charge in [-0.15, -0.1) is 0 Å². The van der Waals surface area contributed by atoms with Crippen molar-refractivity contribution in [1.29, 1.82) is 0 Å². The zero-order chi connectivity index (χ0) is 13.2. The average Bonchev–Trinajstić information content (AvgIpc) is 2.26. The molecule has 0 saturated heterocycles. The second-order valence-corrected chi connectivity index (χ2v) is 3.56. The topological polar surface area (TPSA) is 130 Å². The Morgan fingerprint density at radius 3 is 2.59 bits per heavy atom. The highest BCUT2D eigenvalue weighted by Gasteiger charge is 2.28. The fourth-order valence-corrected chi connectivity index (χ4v) is 1.17. The first kappa shape index (κ1) is 12.9. The Morgan fingerprint density at radius 2 is 2.06 bits per heavy atom. The summed E-state index contributed by atoms with van der Waals surface area (Å²) in [4.78, 5) is 33.6. The van der Waals surface area contributed by atoms with Crippen molar-refractivity contribution in [3.63, 3.8) is 0 Å². The Kier molecular flexibility index (Phi) is 3.64. The monoisotopic (exact) mass is 240 g/mol. The van der Waals surface area contributed by atoms with Gasteiger partial charge in [0, 0.05) is 6.08 Å². The second-order valence-electron chi connectivity index (χ2n) is 3.56. The molecule has 0 aromatic heterocycles. The number of carbonyl (C=O) groups excluding carboxylic acids is 3. The van der Waals surface area contributed by atoms with Crippen molar-refractivity contribution in [1.82, 2.24) is 5.32 Å². The number of nitrogens with one attached hydrogen (secondary N) is 1. The van der Waals surface area contributed by atoms with Crippen LogP contribution in [0.15, 0.2) is 23.2 Å². The Labute approximate surface area is 96.6 Å². The molecule has 17 heavy (non-hydrogen) atoms. The van der Waals surface area contributed by atoms with Crippen LogP contribution in [-0.2, 0) is 14.4 Å². The molecule has 0 heterocycles. The molecule has 5 N–H and O–H groups in total. The van der Waals surface area contributed by atoms with Crippen LogP contribution in [0.1, 0.15) is 6.92 Å². The van der Waals surface area contributed by atoms with E-state index < -0.39 is 35.0 Å². The molecule has 92 valence electrons. The summed E-state index contributed by atoms with van der Waals surface area (Å²) in [5.41, 5.74) is 4.91. The van der Waals surface area contributed by atoms with Gasteiger partial charge >= 0.3 is 0 Å². The first-order valence-electron chi connectivity index (χ1n) is 4.79. The maximum atomic E-state index is 11.4. The van der Waals surface area contributed by atoms with Gasteiger partial charge in [0.2, 0.25) is 17.5 Å². The Bertz CT molecular complexity index is 448. The van der Waals surface area contributed by atoms with Crippen LogP contribution >= 0.6 is 0 Å². The summed E-state index contributed by atoms with van der Waals surface area (Å²) in [6.45, 7) is 1.07. The van der Waals surface area contributed by atoms with E-state index in [-0.39, 0.29) is 12.1 Å². The highest BCUT2D eigenvalue weighted by molar-refractivity contribution is 6.20. The molecule has 0 fully saturated rings. The van der Waals surface area contributed by atoms with Crippen LogP contribution in [0, 0.1) is 0 Å². The second kappa shape index (κ2) is 4.79. The number of rotatable bonds is 3. The molecule has 0 spiro atoms. The Hall–Kier alpha value is -2.15. The minimum atomic E-state index is -0.896. The predicted octanol–water partition coefficient (Wildman–Crippen LogP) is -1.14. The van der Waals surface area contributed by atoms with E-state index >= 15 is 0 Å². The van der Waals surface area contributed by atoms with Gasteiger partial charge in [-0.3, -0.25) is 14.4 Å². The maximum absolute atomic E-state index is 11.4. The first-order valence-corrected chi connectivity index (χ1v) is 4.79. The number of nitrogens with two attached hydrogens (primary N) is 1. The van der Waals surface area contributed by atoms with Gasteiger partial charge < -0.3 is 21.3 Å². The molecule has 0 aromatic carbocycles. The lowest BCUT2D eigenvalue weighted by Crippen LogP contribution is -2.40. The summed E-state index contributed by atoms with van der Waals surface area (Å²) in [5, 5.41) is 20.7. The van der Waals surface area contributed by atoms with Crippen LogP contribution in [-0.4, -0.2) is 40.3 Å². The average molecular weight is 240 g/mol.